The van der Waals surface area contributed by atoms with Crippen molar-refractivity contribution in [3.8, 4) is 16.8 Å². The van der Waals surface area contributed by atoms with E-state index in [-0.39, 0.29) is 0 Å². The quantitative estimate of drug-likeness (QED) is 0.394. The minimum Gasteiger partial charge on any atom is -0.320 e. The summed E-state index contributed by atoms with van der Waals surface area (Å²) in [5.41, 5.74) is 7.50. The van der Waals surface area contributed by atoms with Gasteiger partial charge in [-0.05, 0) is 35.4 Å². The summed E-state index contributed by atoms with van der Waals surface area (Å²) in [4.78, 5) is 16.4. The molecule has 0 fully saturated rings. The number of amidine groups is 1. The summed E-state index contributed by atoms with van der Waals surface area (Å²) in [6.07, 6.45) is 8.80. The second-order valence-corrected chi connectivity index (χ2v) is 8.02. The molecule has 0 bridgehead atoms. The Balaban J connectivity index is 1.47. The number of benzene rings is 2. The second-order valence-electron chi connectivity index (χ2n) is 8.02. The van der Waals surface area contributed by atoms with Gasteiger partial charge in [-0.3, -0.25) is 19.5 Å². The van der Waals surface area contributed by atoms with Crippen LogP contribution in [-0.2, 0) is 13.1 Å². The number of hydrogen-bond acceptors (Lipinski definition) is 6. The number of aromatic nitrogens is 5. The highest BCUT2D eigenvalue weighted by atomic mass is 15.2. The number of fused-ring (bicyclic) bond motifs is 1. The summed E-state index contributed by atoms with van der Waals surface area (Å²) >= 11 is 0. The highest BCUT2D eigenvalue weighted by Crippen LogP contribution is 2.36. The number of pyridine rings is 2. The fraction of sp³-hybridized carbons (Fsp3) is 0.0741. The molecule has 0 radical (unpaired) electrons. The predicted octanol–water partition coefficient (Wildman–Crippen LogP) is 4.69. The van der Waals surface area contributed by atoms with Crippen LogP contribution in [0.25, 0.3) is 16.8 Å². The third-order valence-electron chi connectivity index (χ3n) is 5.91. The molecule has 3 aromatic heterocycles. The molecule has 0 saturated heterocycles. The first kappa shape index (κ1) is 20.0. The van der Waals surface area contributed by atoms with Crippen molar-refractivity contribution in [2.45, 2.75) is 13.1 Å². The molecule has 4 heterocycles. The number of anilines is 1. The zero-order chi connectivity index (χ0) is 22.7. The minimum atomic E-state index is 0.589. The van der Waals surface area contributed by atoms with Crippen LogP contribution in [0.1, 0.15) is 16.8 Å². The van der Waals surface area contributed by atoms with Crippen molar-refractivity contribution in [2.24, 2.45) is 4.99 Å². The van der Waals surface area contributed by atoms with E-state index in [1.54, 1.807) is 18.9 Å². The number of nitrogens with zero attached hydrogens (tertiary/aromatic N) is 7. The molecular weight excluding hydrogens is 422 g/mol. The van der Waals surface area contributed by atoms with E-state index in [9.17, 15) is 0 Å². The van der Waals surface area contributed by atoms with E-state index < -0.39 is 0 Å². The Morgan fingerprint density at radius 2 is 1.65 bits per heavy atom. The van der Waals surface area contributed by atoms with E-state index in [2.05, 4.69) is 73.6 Å². The average molecular weight is 444 g/mol. The standard InChI is InChI=1S/C27H21N7/c1-2-7-20(8-3-1)24-10-6-11-26-25(24)16-30-27(34(26)17-22-9-4-5-12-29-22)21-13-23(15-28-14-21)33-18-31-32-19-33/h1-15,18-19H,16-17H2. The summed E-state index contributed by atoms with van der Waals surface area (Å²) < 4.78 is 1.84. The van der Waals surface area contributed by atoms with Crippen molar-refractivity contribution < 1.29 is 0 Å². The van der Waals surface area contributed by atoms with Gasteiger partial charge in [0, 0.05) is 29.2 Å². The van der Waals surface area contributed by atoms with Crippen molar-refractivity contribution >= 4 is 11.5 Å². The van der Waals surface area contributed by atoms with Gasteiger partial charge in [-0.2, -0.15) is 0 Å². The van der Waals surface area contributed by atoms with Crippen LogP contribution in [0, 0.1) is 0 Å². The molecule has 7 heteroatoms. The maximum atomic E-state index is 5.06. The zero-order valence-electron chi connectivity index (χ0n) is 18.4. The largest absolute Gasteiger partial charge is 0.320 e. The highest BCUT2D eigenvalue weighted by molar-refractivity contribution is 6.11. The van der Waals surface area contributed by atoms with Gasteiger partial charge in [0.1, 0.15) is 18.5 Å². The van der Waals surface area contributed by atoms with Crippen molar-refractivity contribution in [2.75, 3.05) is 4.90 Å². The fourth-order valence-electron chi connectivity index (χ4n) is 4.32. The summed E-state index contributed by atoms with van der Waals surface area (Å²) in [5.74, 6) is 0.866. The predicted molar refractivity (Wildman–Crippen MR) is 132 cm³/mol. The van der Waals surface area contributed by atoms with Crippen LogP contribution >= 0.6 is 0 Å². The highest BCUT2D eigenvalue weighted by Gasteiger charge is 2.25. The van der Waals surface area contributed by atoms with E-state index in [1.807, 2.05) is 41.2 Å². The molecule has 0 aliphatic carbocycles. The maximum absolute atomic E-state index is 5.06. The van der Waals surface area contributed by atoms with Gasteiger partial charge in [-0.1, -0.05) is 48.5 Å². The SMILES string of the molecule is c1ccc(-c2cccc3c2CN=C(c2cncc(-n4cnnc4)c2)N3Cc2ccccn2)cc1. The van der Waals surface area contributed by atoms with Gasteiger partial charge in [0.25, 0.3) is 0 Å². The van der Waals surface area contributed by atoms with E-state index >= 15 is 0 Å². The molecule has 0 N–H and O–H groups in total. The Morgan fingerprint density at radius 1 is 0.794 bits per heavy atom. The minimum absolute atomic E-state index is 0.589. The number of rotatable bonds is 5. The lowest BCUT2D eigenvalue weighted by molar-refractivity contribution is 0.895. The topological polar surface area (TPSA) is 72.1 Å². The summed E-state index contributed by atoms with van der Waals surface area (Å²) in [6.45, 7) is 1.19. The number of aliphatic imine (C=N–C) groups is 1. The van der Waals surface area contributed by atoms with E-state index in [0.29, 0.717) is 13.1 Å². The van der Waals surface area contributed by atoms with Crippen molar-refractivity contribution in [3.63, 3.8) is 0 Å². The lowest BCUT2D eigenvalue weighted by atomic mass is 9.96. The molecule has 164 valence electrons. The van der Waals surface area contributed by atoms with E-state index in [1.165, 1.54) is 16.7 Å². The van der Waals surface area contributed by atoms with E-state index in [0.717, 1.165) is 28.5 Å². The molecule has 0 atom stereocenters. The van der Waals surface area contributed by atoms with Crippen LogP contribution in [0.3, 0.4) is 0 Å². The first-order chi connectivity index (χ1) is 16.9. The third kappa shape index (κ3) is 3.73. The van der Waals surface area contributed by atoms with Gasteiger partial charge in [0.2, 0.25) is 0 Å². The van der Waals surface area contributed by atoms with Crippen LogP contribution in [0.4, 0.5) is 5.69 Å². The van der Waals surface area contributed by atoms with Crippen LogP contribution in [-0.4, -0.2) is 30.6 Å². The molecule has 6 rings (SSSR count). The molecule has 0 spiro atoms. The molecule has 0 saturated carbocycles. The Kier molecular flexibility index (Phi) is 5.12. The van der Waals surface area contributed by atoms with Gasteiger partial charge in [-0.25, -0.2) is 0 Å². The Hall–Kier alpha value is -4.65. The Morgan fingerprint density at radius 3 is 2.47 bits per heavy atom. The monoisotopic (exact) mass is 443 g/mol. The van der Waals surface area contributed by atoms with Crippen LogP contribution in [0.5, 0.6) is 0 Å². The van der Waals surface area contributed by atoms with Crippen molar-refractivity contribution in [3.05, 3.63) is 121 Å². The zero-order valence-corrected chi connectivity index (χ0v) is 18.4. The molecule has 7 nitrogen and oxygen atoms in total. The summed E-state index contributed by atoms with van der Waals surface area (Å²) in [6, 6.07) is 25.0. The van der Waals surface area contributed by atoms with E-state index in [4.69, 9.17) is 4.99 Å². The third-order valence-corrected chi connectivity index (χ3v) is 5.91. The van der Waals surface area contributed by atoms with Gasteiger partial charge >= 0.3 is 0 Å². The first-order valence-corrected chi connectivity index (χ1v) is 11.1. The Bertz CT molecular complexity index is 1450. The normalized spacial score (nSPS) is 12.8. The maximum Gasteiger partial charge on any atom is 0.137 e. The molecule has 0 unspecified atom stereocenters. The van der Waals surface area contributed by atoms with Gasteiger partial charge < -0.3 is 4.90 Å². The lowest BCUT2D eigenvalue weighted by Gasteiger charge is -2.32. The summed E-state index contributed by atoms with van der Waals surface area (Å²) in [5, 5.41) is 7.83. The second kappa shape index (κ2) is 8.71. The first-order valence-electron chi connectivity index (χ1n) is 11.1. The average Bonchev–Trinajstić information content (AvgIpc) is 3.45. The molecular formula is C27H21N7. The molecule has 2 aromatic carbocycles. The smallest absolute Gasteiger partial charge is 0.137 e. The van der Waals surface area contributed by atoms with Crippen LogP contribution in [0.2, 0.25) is 0 Å². The molecule has 34 heavy (non-hydrogen) atoms. The molecule has 1 aliphatic rings. The van der Waals surface area contributed by atoms with Crippen molar-refractivity contribution in [1.82, 2.24) is 24.7 Å². The van der Waals surface area contributed by atoms with Gasteiger partial charge in [-0.15, -0.1) is 10.2 Å². The fourth-order valence-corrected chi connectivity index (χ4v) is 4.32. The summed E-state index contributed by atoms with van der Waals surface area (Å²) in [7, 11) is 0. The molecule has 1 aliphatic heterocycles. The number of hydrogen-bond donors (Lipinski definition) is 0. The van der Waals surface area contributed by atoms with Gasteiger partial charge in [0.05, 0.1) is 30.7 Å². The lowest BCUT2D eigenvalue weighted by Crippen LogP contribution is -2.35. The van der Waals surface area contributed by atoms with Crippen molar-refractivity contribution in [1.29, 1.82) is 0 Å². The van der Waals surface area contributed by atoms with Gasteiger partial charge in [0.15, 0.2) is 0 Å². The van der Waals surface area contributed by atoms with Crippen LogP contribution in [0.15, 0.2) is 109 Å². The van der Waals surface area contributed by atoms with Crippen LogP contribution < -0.4 is 4.90 Å². The molecule has 5 aromatic rings. The Labute approximate surface area is 197 Å². The molecule has 0 amide bonds.